The molecule has 1 aromatic rings. The van der Waals surface area contributed by atoms with Crippen molar-refractivity contribution in [3.8, 4) is 5.75 Å². The van der Waals surface area contributed by atoms with E-state index in [1.807, 2.05) is 6.92 Å². The average Bonchev–Trinajstić information content (AvgIpc) is 2.26. The van der Waals surface area contributed by atoms with Crippen molar-refractivity contribution in [1.82, 2.24) is 0 Å². The average molecular weight is 266 g/mol. The zero-order chi connectivity index (χ0) is 13.8. The molecular weight excluding hydrogens is 240 g/mol. The number of ether oxygens (including phenoxy) is 1. The van der Waals surface area contributed by atoms with Crippen LogP contribution in [0.25, 0.3) is 0 Å². The lowest BCUT2D eigenvalue weighted by Crippen LogP contribution is -2.43. The molecule has 1 rings (SSSR count). The van der Waals surface area contributed by atoms with Crippen LogP contribution in [0, 0.1) is 0 Å². The highest BCUT2D eigenvalue weighted by Crippen LogP contribution is 2.37. The molecule has 0 N–H and O–H groups in total. The third kappa shape index (κ3) is 4.14. The van der Waals surface area contributed by atoms with Crippen molar-refractivity contribution >= 4 is 8.32 Å². The minimum Gasteiger partial charge on any atom is -0.544 e. The first-order chi connectivity index (χ1) is 8.26. The van der Waals surface area contributed by atoms with Crippen LogP contribution in [0.2, 0.25) is 18.1 Å². The molecule has 0 fully saturated rings. The van der Waals surface area contributed by atoms with E-state index in [0.717, 1.165) is 12.4 Å². The summed E-state index contributed by atoms with van der Waals surface area (Å²) < 4.78 is 11.6. The summed E-state index contributed by atoms with van der Waals surface area (Å²) in [5, 5.41) is 0.233. The van der Waals surface area contributed by atoms with Crippen molar-refractivity contribution in [1.29, 1.82) is 0 Å². The first kappa shape index (κ1) is 15.3. The second kappa shape index (κ2) is 5.89. The Morgan fingerprint density at radius 2 is 1.61 bits per heavy atom. The minimum absolute atomic E-state index is 0.233. The van der Waals surface area contributed by atoms with Gasteiger partial charge in [0.15, 0.2) is 0 Å². The van der Waals surface area contributed by atoms with Gasteiger partial charge in [-0.3, -0.25) is 0 Å². The Morgan fingerprint density at radius 1 is 1.06 bits per heavy atom. The summed E-state index contributed by atoms with van der Waals surface area (Å²) >= 11 is 0. The lowest BCUT2D eigenvalue weighted by atomic mass is 10.2. The van der Waals surface area contributed by atoms with Gasteiger partial charge in [-0.2, -0.15) is 0 Å². The molecule has 1 aromatic carbocycles. The van der Waals surface area contributed by atoms with E-state index in [1.54, 1.807) is 0 Å². The van der Waals surface area contributed by atoms with Crippen LogP contribution in [0.5, 0.6) is 5.75 Å². The summed E-state index contributed by atoms with van der Waals surface area (Å²) in [5.41, 5.74) is 1.19. The lowest BCUT2D eigenvalue weighted by molar-refractivity contribution is 0.134. The van der Waals surface area contributed by atoms with Gasteiger partial charge in [-0.15, -0.1) is 0 Å². The predicted molar refractivity (Wildman–Crippen MR) is 79.6 cm³/mol. The standard InChI is InChI=1S/C15H26O2Si/c1-7-16-12-13-8-10-14(11-9-13)17-18(5,6)15(2,3)4/h8-11H,7,12H2,1-6H3. The molecule has 18 heavy (non-hydrogen) atoms. The molecule has 0 aliphatic rings. The first-order valence-electron chi connectivity index (χ1n) is 6.62. The smallest absolute Gasteiger partial charge is 0.250 e. The van der Waals surface area contributed by atoms with Crippen molar-refractivity contribution in [3.05, 3.63) is 29.8 Å². The highest BCUT2D eigenvalue weighted by Gasteiger charge is 2.38. The Labute approximate surface area is 112 Å². The fraction of sp³-hybridized carbons (Fsp3) is 0.600. The van der Waals surface area contributed by atoms with E-state index in [4.69, 9.17) is 9.16 Å². The fourth-order valence-corrected chi connectivity index (χ4v) is 2.35. The van der Waals surface area contributed by atoms with Gasteiger partial charge < -0.3 is 9.16 Å². The molecule has 0 saturated carbocycles. The monoisotopic (exact) mass is 266 g/mol. The topological polar surface area (TPSA) is 18.5 Å². The highest BCUT2D eigenvalue weighted by molar-refractivity contribution is 6.74. The molecule has 2 nitrogen and oxygen atoms in total. The SMILES string of the molecule is CCOCc1ccc(O[Si](C)(C)C(C)(C)C)cc1. The number of rotatable bonds is 5. The van der Waals surface area contributed by atoms with Gasteiger partial charge in [0.2, 0.25) is 8.32 Å². The van der Waals surface area contributed by atoms with Crippen molar-refractivity contribution in [3.63, 3.8) is 0 Å². The number of hydrogen-bond donors (Lipinski definition) is 0. The van der Waals surface area contributed by atoms with Crippen LogP contribution in [0.3, 0.4) is 0 Å². The third-order valence-electron chi connectivity index (χ3n) is 3.58. The van der Waals surface area contributed by atoms with E-state index < -0.39 is 8.32 Å². The quantitative estimate of drug-likeness (QED) is 0.725. The molecule has 0 aliphatic heterocycles. The van der Waals surface area contributed by atoms with Crippen LogP contribution < -0.4 is 4.43 Å². The van der Waals surface area contributed by atoms with E-state index in [2.05, 4.69) is 58.1 Å². The molecule has 0 aliphatic carbocycles. The summed E-state index contributed by atoms with van der Waals surface area (Å²) in [5.74, 6) is 0.974. The Hall–Kier alpha value is -0.803. The van der Waals surface area contributed by atoms with Gasteiger partial charge in [0, 0.05) is 6.61 Å². The van der Waals surface area contributed by atoms with Crippen LogP contribution in [0.15, 0.2) is 24.3 Å². The van der Waals surface area contributed by atoms with E-state index in [-0.39, 0.29) is 5.04 Å². The molecule has 0 bridgehead atoms. The summed E-state index contributed by atoms with van der Waals surface area (Å²) in [6, 6.07) is 8.26. The van der Waals surface area contributed by atoms with Gasteiger partial charge in [-0.05, 0) is 42.8 Å². The van der Waals surface area contributed by atoms with E-state index in [1.165, 1.54) is 5.56 Å². The lowest BCUT2D eigenvalue weighted by Gasteiger charge is -2.36. The number of benzene rings is 1. The van der Waals surface area contributed by atoms with Gasteiger partial charge in [-0.1, -0.05) is 32.9 Å². The van der Waals surface area contributed by atoms with Crippen LogP contribution in [0.1, 0.15) is 33.3 Å². The van der Waals surface area contributed by atoms with Crippen molar-refractivity contribution in [2.24, 2.45) is 0 Å². The second-order valence-electron chi connectivity index (χ2n) is 6.14. The van der Waals surface area contributed by atoms with Crippen molar-refractivity contribution in [2.45, 2.75) is 52.4 Å². The molecule has 0 atom stereocenters. The molecule has 0 heterocycles. The molecule has 102 valence electrons. The normalized spacial score (nSPS) is 12.6. The third-order valence-corrected chi connectivity index (χ3v) is 7.93. The molecule has 0 amide bonds. The molecule has 0 aromatic heterocycles. The van der Waals surface area contributed by atoms with Crippen LogP contribution in [-0.2, 0) is 11.3 Å². The summed E-state index contributed by atoms with van der Waals surface area (Å²) in [7, 11) is -1.72. The first-order valence-corrected chi connectivity index (χ1v) is 9.53. The summed E-state index contributed by atoms with van der Waals surface area (Å²) in [6.45, 7) is 14.7. The molecule has 0 saturated heterocycles. The minimum atomic E-state index is -1.72. The van der Waals surface area contributed by atoms with Gasteiger partial charge in [0.05, 0.1) is 6.61 Å². The maximum Gasteiger partial charge on any atom is 0.250 e. The largest absolute Gasteiger partial charge is 0.544 e. The predicted octanol–water partition coefficient (Wildman–Crippen LogP) is 4.61. The van der Waals surface area contributed by atoms with E-state index in [0.29, 0.717) is 6.61 Å². The maximum atomic E-state index is 6.22. The molecule has 3 heteroatoms. The summed E-state index contributed by atoms with van der Waals surface area (Å²) in [6.07, 6.45) is 0. The van der Waals surface area contributed by atoms with Gasteiger partial charge >= 0.3 is 0 Å². The van der Waals surface area contributed by atoms with Gasteiger partial charge in [0.1, 0.15) is 5.75 Å². The van der Waals surface area contributed by atoms with Gasteiger partial charge in [-0.25, -0.2) is 0 Å². The second-order valence-corrected chi connectivity index (χ2v) is 10.9. The molecule has 0 spiro atoms. The van der Waals surface area contributed by atoms with Crippen molar-refractivity contribution < 1.29 is 9.16 Å². The Morgan fingerprint density at radius 3 is 2.06 bits per heavy atom. The number of hydrogen-bond acceptors (Lipinski definition) is 2. The summed E-state index contributed by atoms with van der Waals surface area (Å²) in [4.78, 5) is 0. The van der Waals surface area contributed by atoms with E-state index in [9.17, 15) is 0 Å². The molecular formula is C15H26O2Si. The fourth-order valence-electron chi connectivity index (χ4n) is 1.32. The maximum absolute atomic E-state index is 6.22. The van der Waals surface area contributed by atoms with Gasteiger partial charge in [0.25, 0.3) is 0 Å². The Bertz CT molecular complexity index is 363. The van der Waals surface area contributed by atoms with Crippen LogP contribution in [-0.4, -0.2) is 14.9 Å². The Kier molecular flexibility index (Phi) is 4.99. The Balaban J connectivity index is 2.69. The molecule has 0 unspecified atom stereocenters. The highest BCUT2D eigenvalue weighted by atomic mass is 28.4. The zero-order valence-electron chi connectivity index (χ0n) is 12.5. The van der Waals surface area contributed by atoms with Crippen molar-refractivity contribution in [2.75, 3.05) is 6.61 Å². The van der Waals surface area contributed by atoms with Crippen LogP contribution >= 0.6 is 0 Å². The van der Waals surface area contributed by atoms with Crippen LogP contribution in [0.4, 0.5) is 0 Å². The zero-order valence-corrected chi connectivity index (χ0v) is 13.5. The van der Waals surface area contributed by atoms with E-state index >= 15 is 0 Å². The molecule has 0 radical (unpaired) electrons.